The summed E-state index contributed by atoms with van der Waals surface area (Å²) < 4.78 is 20.9. The number of halogens is 1. The lowest BCUT2D eigenvalue weighted by atomic mass is 9.94. The minimum absolute atomic E-state index is 0.00171. The minimum atomic E-state index is -0.248. The number of amides is 2. The summed E-state index contributed by atoms with van der Waals surface area (Å²) in [5, 5.41) is 0. The number of carbonyl (C=O) groups excluding carboxylic acids is 2. The van der Waals surface area contributed by atoms with E-state index in [0.717, 1.165) is 36.9 Å². The number of benzene rings is 1. The van der Waals surface area contributed by atoms with Crippen molar-refractivity contribution >= 4 is 11.8 Å². The third kappa shape index (κ3) is 8.19. The van der Waals surface area contributed by atoms with Gasteiger partial charge in [0.05, 0.1) is 13.1 Å². The van der Waals surface area contributed by atoms with Crippen molar-refractivity contribution in [3.05, 3.63) is 59.7 Å². The number of carbonyl (C=O) groups is 2. The molecule has 6 nitrogen and oxygen atoms in total. The van der Waals surface area contributed by atoms with E-state index in [1.807, 2.05) is 44.0 Å². The molecule has 1 fully saturated rings. The molecule has 0 N–H and O–H groups in total. The van der Waals surface area contributed by atoms with Crippen LogP contribution in [0, 0.1) is 11.7 Å². The summed E-state index contributed by atoms with van der Waals surface area (Å²) in [6, 6.07) is 10.8. The third-order valence-electron chi connectivity index (χ3n) is 6.91. The average molecular weight is 500 g/mol. The Morgan fingerprint density at radius 2 is 1.83 bits per heavy atom. The van der Waals surface area contributed by atoms with E-state index < -0.39 is 0 Å². The highest BCUT2D eigenvalue weighted by Gasteiger charge is 2.29. The van der Waals surface area contributed by atoms with E-state index in [1.54, 1.807) is 17.0 Å². The van der Waals surface area contributed by atoms with Crippen molar-refractivity contribution in [1.29, 1.82) is 0 Å². The largest absolute Gasteiger partial charge is 0.382 e. The van der Waals surface area contributed by atoms with Gasteiger partial charge in [0.15, 0.2) is 0 Å². The molecule has 0 spiro atoms. The first-order valence-corrected chi connectivity index (χ1v) is 13.4. The van der Waals surface area contributed by atoms with E-state index in [2.05, 4.69) is 4.57 Å². The first kappa shape index (κ1) is 27.9. The van der Waals surface area contributed by atoms with Gasteiger partial charge in [0.1, 0.15) is 5.82 Å². The summed E-state index contributed by atoms with van der Waals surface area (Å²) in [5.41, 5.74) is 2.05. The summed E-state index contributed by atoms with van der Waals surface area (Å²) in [5.74, 6) is -0.409. The molecule has 0 unspecified atom stereocenters. The zero-order valence-electron chi connectivity index (χ0n) is 22.1. The van der Waals surface area contributed by atoms with E-state index in [9.17, 15) is 14.0 Å². The van der Waals surface area contributed by atoms with Gasteiger partial charge in [-0.2, -0.15) is 0 Å². The van der Waals surface area contributed by atoms with Gasteiger partial charge in [0.25, 0.3) is 0 Å². The first-order valence-electron chi connectivity index (χ1n) is 13.4. The normalized spacial score (nSPS) is 14.2. The topological polar surface area (TPSA) is 54.8 Å². The van der Waals surface area contributed by atoms with E-state index in [1.165, 1.54) is 18.6 Å². The fourth-order valence-electron chi connectivity index (χ4n) is 4.91. The molecule has 7 heteroatoms. The molecule has 1 saturated carbocycles. The van der Waals surface area contributed by atoms with E-state index in [4.69, 9.17) is 4.74 Å². The lowest BCUT2D eigenvalue weighted by Crippen LogP contribution is -2.48. The summed E-state index contributed by atoms with van der Waals surface area (Å²) in [7, 11) is 0. The second kappa shape index (κ2) is 14.2. The van der Waals surface area contributed by atoms with Crippen LogP contribution in [0.1, 0.15) is 70.6 Å². The van der Waals surface area contributed by atoms with Crippen molar-refractivity contribution < 1.29 is 18.7 Å². The van der Waals surface area contributed by atoms with Crippen LogP contribution in [0.5, 0.6) is 0 Å². The minimum Gasteiger partial charge on any atom is -0.382 e. The van der Waals surface area contributed by atoms with Crippen LogP contribution >= 0.6 is 0 Å². The standard InChI is InChI=1S/C29H42FN3O3/c1-4-36-19-9-18-32(29(35)23(2)3)22-28(34)33(26-10-6-5-7-11-26)21-27-12-8-17-31(27)20-24-13-15-25(30)16-14-24/h8,12-17,23,26H,4-7,9-11,18-22H2,1-3H3. The molecule has 1 heterocycles. The van der Waals surface area contributed by atoms with Crippen molar-refractivity contribution in [2.24, 2.45) is 5.92 Å². The molecule has 0 bridgehead atoms. The molecule has 3 rings (SSSR count). The van der Waals surface area contributed by atoms with Crippen LogP contribution in [0.2, 0.25) is 0 Å². The Hall–Kier alpha value is -2.67. The van der Waals surface area contributed by atoms with Gasteiger partial charge in [-0.3, -0.25) is 9.59 Å². The molecule has 1 aliphatic rings. The van der Waals surface area contributed by atoms with Crippen molar-refractivity contribution in [2.45, 2.75) is 78.4 Å². The average Bonchev–Trinajstić information content (AvgIpc) is 3.32. The maximum atomic E-state index is 13.8. The molecule has 1 aliphatic carbocycles. The van der Waals surface area contributed by atoms with E-state index in [-0.39, 0.29) is 36.1 Å². The summed E-state index contributed by atoms with van der Waals surface area (Å²) in [6.45, 7) is 8.66. The summed E-state index contributed by atoms with van der Waals surface area (Å²) in [6.07, 6.45) is 8.14. The van der Waals surface area contributed by atoms with Crippen molar-refractivity contribution in [3.8, 4) is 0 Å². The molecular weight excluding hydrogens is 457 g/mol. The lowest BCUT2D eigenvalue weighted by molar-refractivity contribution is -0.144. The van der Waals surface area contributed by atoms with Crippen molar-refractivity contribution in [1.82, 2.24) is 14.4 Å². The molecule has 2 amide bonds. The van der Waals surface area contributed by atoms with Gasteiger partial charge in [-0.1, -0.05) is 45.2 Å². The van der Waals surface area contributed by atoms with Gasteiger partial charge in [0.2, 0.25) is 11.8 Å². The Morgan fingerprint density at radius 1 is 1.11 bits per heavy atom. The Kier molecular flexibility index (Phi) is 11.0. The number of nitrogens with zero attached hydrogens (tertiary/aromatic N) is 3. The predicted molar refractivity (Wildman–Crippen MR) is 140 cm³/mol. The Morgan fingerprint density at radius 3 is 2.50 bits per heavy atom. The number of aromatic nitrogens is 1. The smallest absolute Gasteiger partial charge is 0.242 e. The quantitative estimate of drug-likeness (QED) is 0.354. The van der Waals surface area contributed by atoms with Gasteiger partial charge < -0.3 is 19.1 Å². The summed E-state index contributed by atoms with van der Waals surface area (Å²) >= 11 is 0. The van der Waals surface area contributed by atoms with Gasteiger partial charge in [-0.15, -0.1) is 0 Å². The van der Waals surface area contributed by atoms with Gasteiger partial charge >= 0.3 is 0 Å². The molecule has 1 aromatic heterocycles. The molecule has 0 radical (unpaired) electrons. The second-order valence-electron chi connectivity index (χ2n) is 10.0. The Labute approximate surface area is 215 Å². The van der Waals surface area contributed by atoms with Crippen LogP contribution in [0.3, 0.4) is 0 Å². The molecule has 0 aliphatic heterocycles. The highest BCUT2D eigenvalue weighted by Crippen LogP contribution is 2.25. The molecule has 36 heavy (non-hydrogen) atoms. The number of rotatable bonds is 13. The fraction of sp³-hybridized carbons (Fsp3) is 0.586. The zero-order chi connectivity index (χ0) is 25.9. The lowest BCUT2D eigenvalue weighted by Gasteiger charge is -2.36. The molecular formula is C29H42FN3O3. The highest BCUT2D eigenvalue weighted by atomic mass is 19.1. The van der Waals surface area contributed by atoms with Crippen LogP contribution in [0.25, 0.3) is 0 Å². The number of hydrogen-bond acceptors (Lipinski definition) is 3. The highest BCUT2D eigenvalue weighted by molar-refractivity contribution is 5.85. The molecule has 0 saturated heterocycles. The number of hydrogen-bond donors (Lipinski definition) is 0. The van der Waals surface area contributed by atoms with E-state index in [0.29, 0.717) is 39.3 Å². The maximum Gasteiger partial charge on any atom is 0.242 e. The molecule has 0 atom stereocenters. The zero-order valence-corrected chi connectivity index (χ0v) is 22.1. The summed E-state index contributed by atoms with van der Waals surface area (Å²) in [4.78, 5) is 30.4. The van der Waals surface area contributed by atoms with Gasteiger partial charge in [-0.05, 0) is 56.0 Å². The molecule has 2 aromatic rings. The number of ether oxygens (including phenoxy) is 1. The monoisotopic (exact) mass is 499 g/mol. The predicted octanol–water partition coefficient (Wildman–Crippen LogP) is 5.25. The van der Waals surface area contributed by atoms with Crippen LogP contribution in [0.4, 0.5) is 4.39 Å². The molecule has 198 valence electrons. The van der Waals surface area contributed by atoms with Crippen LogP contribution < -0.4 is 0 Å². The van der Waals surface area contributed by atoms with Gasteiger partial charge in [-0.25, -0.2) is 4.39 Å². The van der Waals surface area contributed by atoms with Crippen molar-refractivity contribution in [2.75, 3.05) is 26.3 Å². The first-order chi connectivity index (χ1) is 17.4. The third-order valence-corrected chi connectivity index (χ3v) is 6.91. The van der Waals surface area contributed by atoms with Crippen LogP contribution in [-0.4, -0.2) is 58.5 Å². The van der Waals surface area contributed by atoms with Crippen LogP contribution in [-0.2, 0) is 27.4 Å². The van der Waals surface area contributed by atoms with E-state index >= 15 is 0 Å². The van der Waals surface area contributed by atoms with Gasteiger partial charge in [0, 0.05) is 50.2 Å². The maximum absolute atomic E-state index is 13.8. The van der Waals surface area contributed by atoms with Crippen LogP contribution in [0.15, 0.2) is 42.6 Å². The Bertz CT molecular complexity index is 951. The molecule has 1 aromatic carbocycles. The fourth-order valence-corrected chi connectivity index (χ4v) is 4.91. The second-order valence-corrected chi connectivity index (χ2v) is 10.0. The Balaban J connectivity index is 1.76. The SMILES string of the molecule is CCOCCCN(CC(=O)N(Cc1cccn1Cc1ccc(F)cc1)C1CCCCC1)C(=O)C(C)C. The van der Waals surface area contributed by atoms with Crippen molar-refractivity contribution in [3.63, 3.8) is 0 Å².